The Hall–Kier alpha value is -1.88. The highest BCUT2D eigenvalue weighted by Gasteiger charge is 2.42. The molecule has 0 saturated heterocycles. The van der Waals surface area contributed by atoms with Crippen molar-refractivity contribution in [3.63, 3.8) is 0 Å². The molecule has 0 aromatic heterocycles. The molecule has 1 amide bonds. The predicted molar refractivity (Wildman–Crippen MR) is 108 cm³/mol. The summed E-state index contributed by atoms with van der Waals surface area (Å²) in [6, 6.07) is 0. The first-order chi connectivity index (χ1) is 12.0. The van der Waals surface area contributed by atoms with Gasteiger partial charge in [-0.3, -0.25) is 4.79 Å². The average molecular weight is 404 g/mol. The summed E-state index contributed by atoms with van der Waals surface area (Å²) in [4.78, 5) is 14.1. The lowest BCUT2D eigenvalue weighted by atomic mass is 9.82. The number of carbonyl (C=O) groups is 1. The van der Waals surface area contributed by atoms with Gasteiger partial charge in [0, 0.05) is 23.7 Å². The van der Waals surface area contributed by atoms with Crippen LogP contribution in [-0.4, -0.2) is 23.6 Å². The van der Waals surface area contributed by atoms with Crippen LogP contribution in [0.25, 0.3) is 0 Å². The van der Waals surface area contributed by atoms with Crippen molar-refractivity contribution in [2.75, 3.05) is 6.54 Å². The number of allylic oxidation sites excluding steroid dienone is 6. The van der Waals surface area contributed by atoms with Crippen LogP contribution in [0.3, 0.4) is 0 Å². The molecule has 0 radical (unpaired) electrons. The minimum absolute atomic E-state index is 0.0404. The number of halogens is 1. The number of hydrazone groups is 1. The Bertz CT molecular complexity index is 685. The van der Waals surface area contributed by atoms with Crippen molar-refractivity contribution in [3.8, 4) is 0 Å². The molecule has 1 aliphatic carbocycles. The van der Waals surface area contributed by atoms with Gasteiger partial charge in [-0.05, 0) is 55.6 Å². The van der Waals surface area contributed by atoms with Crippen molar-refractivity contribution in [2.45, 2.75) is 33.6 Å². The van der Waals surface area contributed by atoms with Crippen LogP contribution in [0.4, 0.5) is 0 Å². The zero-order valence-corrected chi connectivity index (χ0v) is 16.7. The summed E-state index contributed by atoms with van der Waals surface area (Å²) in [5, 5.41) is 3.97. The fourth-order valence-electron chi connectivity index (χ4n) is 3.09. The van der Waals surface area contributed by atoms with Crippen LogP contribution in [-0.2, 0) is 4.79 Å². The summed E-state index contributed by atoms with van der Waals surface area (Å²) < 4.78 is 1.02. The highest BCUT2D eigenvalue weighted by atomic mass is 79.9. The second-order valence-corrected chi connectivity index (χ2v) is 6.92. The summed E-state index contributed by atoms with van der Waals surface area (Å²) in [6.07, 6.45) is 14.1. The molecule has 0 bridgehead atoms. The van der Waals surface area contributed by atoms with Crippen LogP contribution < -0.4 is 5.43 Å². The molecule has 0 aromatic carbocycles. The van der Waals surface area contributed by atoms with Gasteiger partial charge in [0.05, 0.1) is 16.7 Å². The van der Waals surface area contributed by atoms with Gasteiger partial charge < -0.3 is 4.90 Å². The highest BCUT2D eigenvalue weighted by Crippen LogP contribution is 2.45. The van der Waals surface area contributed by atoms with Gasteiger partial charge in [0.2, 0.25) is 5.91 Å². The van der Waals surface area contributed by atoms with Gasteiger partial charge in [0.25, 0.3) is 0 Å². The molecule has 2 atom stereocenters. The minimum atomic E-state index is -0.156. The molecule has 134 valence electrons. The van der Waals surface area contributed by atoms with Gasteiger partial charge in [-0.1, -0.05) is 29.9 Å². The zero-order valence-electron chi connectivity index (χ0n) is 15.1. The molecule has 1 N–H and O–H groups in total. The number of rotatable bonds is 4. The molecule has 0 fully saturated rings. The summed E-state index contributed by atoms with van der Waals surface area (Å²) in [5.74, 6) is -0.0986. The van der Waals surface area contributed by atoms with E-state index in [-0.39, 0.29) is 17.7 Å². The molecular weight excluding hydrogens is 378 g/mol. The topological polar surface area (TPSA) is 44.7 Å². The third-order valence-electron chi connectivity index (χ3n) is 4.62. The third-order valence-corrected chi connectivity index (χ3v) is 5.50. The van der Waals surface area contributed by atoms with Crippen LogP contribution in [0.1, 0.15) is 33.6 Å². The smallest absolute Gasteiger partial charge is 0.248 e. The van der Waals surface area contributed by atoms with Crippen LogP contribution in [0.2, 0.25) is 0 Å². The van der Waals surface area contributed by atoms with Gasteiger partial charge in [-0.2, -0.15) is 5.10 Å². The van der Waals surface area contributed by atoms with Crippen molar-refractivity contribution in [2.24, 2.45) is 16.9 Å². The summed E-state index contributed by atoms with van der Waals surface area (Å²) >= 11 is 3.60. The van der Waals surface area contributed by atoms with Crippen LogP contribution in [0.15, 0.2) is 63.5 Å². The van der Waals surface area contributed by atoms with E-state index in [4.69, 9.17) is 0 Å². The summed E-state index contributed by atoms with van der Waals surface area (Å²) in [6.45, 7) is 10.8. The van der Waals surface area contributed by atoms with Gasteiger partial charge in [0.1, 0.15) is 0 Å². The Morgan fingerprint density at radius 3 is 2.92 bits per heavy atom. The molecular formula is C20H26BrN3O. The maximum absolute atomic E-state index is 11.9. The van der Waals surface area contributed by atoms with Crippen LogP contribution in [0.5, 0.6) is 0 Å². The number of carbonyl (C=O) groups excluding carboxylic acids is 1. The maximum Gasteiger partial charge on any atom is 0.248 e. The Balaban J connectivity index is 0.000000242. The van der Waals surface area contributed by atoms with E-state index < -0.39 is 0 Å². The predicted octanol–water partition coefficient (Wildman–Crippen LogP) is 4.65. The minimum Gasteiger partial charge on any atom is -0.339 e. The lowest BCUT2D eigenvalue weighted by molar-refractivity contribution is -0.124. The van der Waals surface area contributed by atoms with E-state index in [1.54, 1.807) is 6.21 Å². The van der Waals surface area contributed by atoms with E-state index >= 15 is 0 Å². The molecule has 3 aliphatic rings. The maximum atomic E-state index is 11.9. The van der Waals surface area contributed by atoms with Crippen LogP contribution in [0, 0.1) is 11.8 Å². The van der Waals surface area contributed by atoms with Gasteiger partial charge in [-0.15, -0.1) is 6.58 Å². The first kappa shape index (κ1) is 19.4. The van der Waals surface area contributed by atoms with Gasteiger partial charge >= 0.3 is 0 Å². The number of amides is 1. The van der Waals surface area contributed by atoms with Crippen LogP contribution >= 0.6 is 15.9 Å². The average Bonchev–Trinajstić information content (AvgIpc) is 2.78. The van der Waals surface area contributed by atoms with Crippen molar-refractivity contribution >= 4 is 28.1 Å². The Morgan fingerprint density at radius 1 is 1.52 bits per heavy atom. The molecule has 3 rings (SSSR count). The van der Waals surface area contributed by atoms with Crippen molar-refractivity contribution in [3.05, 3.63) is 58.4 Å². The second kappa shape index (κ2) is 8.99. The number of nitrogens with zero attached hydrogens (tertiary/aromatic N) is 2. The van der Waals surface area contributed by atoms with Crippen molar-refractivity contribution in [1.29, 1.82) is 0 Å². The van der Waals surface area contributed by atoms with E-state index in [9.17, 15) is 4.79 Å². The molecule has 25 heavy (non-hydrogen) atoms. The summed E-state index contributed by atoms with van der Waals surface area (Å²) in [7, 11) is 0. The van der Waals surface area contributed by atoms with E-state index in [1.165, 1.54) is 17.7 Å². The molecule has 2 unspecified atom stereocenters. The largest absolute Gasteiger partial charge is 0.339 e. The normalized spacial score (nSPS) is 24.2. The molecule has 5 heteroatoms. The quantitative estimate of drug-likeness (QED) is 0.548. The van der Waals surface area contributed by atoms with Crippen molar-refractivity contribution < 1.29 is 4.79 Å². The zero-order chi connectivity index (χ0) is 18.4. The van der Waals surface area contributed by atoms with Gasteiger partial charge in [0.15, 0.2) is 0 Å². The SMILES string of the molecule is C=CCC/C(C)=C\C.CCN1C2=CC=CC3C(=O)NN=CC(=C1Br)C23. The van der Waals surface area contributed by atoms with Crippen molar-refractivity contribution in [1.82, 2.24) is 10.3 Å². The standard InChI is InChI=1S/C12H12BrN3O.C8H14/c1-2-16-9-5-3-4-7-10(9)8(11(16)13)6-14-15-12(7)17;1-4-6-7-8(3)5-2/h3-7,10H,2H2,1H3,(H,15,17);4-5H,1,6-7H2,2-3H3/b;8-5-. The first-order valence-corrected chi connectivity index (χ1v) is 9.45. The van der Waals surface area contributed by atoms with Gasteiger partial charge in [-0.25, -0.2) is 5.43 Å². The van der Waals surface area contributed by atoms with E-state index in [2.05, 4.69) is 70.9 Å². The molecule has 0 aromatic rings. The molecule has 0 saturated carbocycles. The summed E-state index contributed by atoms with van der Waals surface area (Å²) in [5.41, 5.74) is 6.26. The Kier molecular flexibility index (Phi) is 7.00. The van der Waals surface area contributed by atoms with E-state index in [1.807, 2.05) is 18.2 Å². The second-order valence-electron chi connectivity index (χ2n) is 6.17. The number of nitrogens with one attached hydrogen (secondary N) is 1. The molecule has 0 spiro atoms. The molecule has 2 heterocycles. The Morgan fingerprint density at radius 2 is 2.28 bits per heavy atom. The fraction of sp³-hybridized carbons (Fsp3) is 0.400. The highest BCUT2D eigenvalue weighted by molar-refractivity contribution is 9.11. The monoisotopic (exact) mass is 403 g/mol. The third kappa shape index (κ3) is 4.21. The molecule has 2 aliphatic heterocycles. The fourth-order valence-corrected chi connectivity index (χ4v) is 3.89. The molecule has 4 nitrogen and oxygen atoms in total. The number of hydrogen-bond donors (Lipinski definition) is 1. The first-order valence-electron chi connectivity index (χ1n) is 8.66. The van der Waals surface area contributed by atoms with E-state index in [0.717, 1.165) is 23.1 Å². The number of hydrogen-bond acceptors (Lipinski definition) is 3. The lowest BCUT2D eigenvalue weighted by Crippen LogP contribution is -2.32. The Labute approximate surface area is 158 Å². The lowest BCUT2D eigenvalue weighted by Gasteiger charge is -2.27. The van der Waals surface area contributed by atoms with E-state index in [0.29, 0.717) is 0 Å².